The number of fused-ring (bicyclic) bond motifs is 1. The molecule has 20 heavy (non-hydrogen) atoms. The van der Waals surface area contributed by atoms with Gasteiger partial charge in [-0.1, -0.05) is 17.7 Å². The third-order valence-electron chi connectivity index (χ3n) is 3.02. The molecule has 1 heterocycles. The zero-order chi connectivity index (χ0) is 14.3. The number of aliphatic hydroxyl groups is 1. The van der Waals surface area contributed by atoms with Crippen LogP contribution in [0.2, 0.25) is 5.02 Å². The number of rotatable bonds is 2. The topological polar surface area (TPSA) is 33.4 Å². The second-order valence-corrected chi connectivity index (χ2v) is 6.00. The van der Waals surface area contributed by atoms with Gasteiger partial charge in [0.05, 0.1) is 0 Å². The fourth-order valence-electron chi connectivity index (χ4n) is 2.05. The average Bonchev–Trinajstić information content (AvgIpc) is 2.81. The Kier molecular flexibility index (Phi) is 3.70. The minimum absolute atomic E-state index is 0.332. The summed E-state index contributed by atoms with van der Waals surface area (Å²) in [5.74, 6) is 0.0773. The molecule has 1 N–H and O–H groups in total. The van der Waals surface area contributed by atoms with Gasteiger partial charge >= 0.3 is 0 Å². The van der Waals surface area contributed by atoms with Crippen molar-refractivity contribution in [2.24, 2.45) is 0 Å². The highest BCUT2D eigenvalue weighted by Gasteiger charge is 2.18. The van der Waals surface area contributed by atoms with E-state index in [0.717, 1.165) is 5.39 Å². The predicted molar refractivity (Wildman–Crippen MR) is 84.4 cm³/mol. The quantitative estimate of drug-likeness (QED) is 0.618. The summed E-state index contributed by atoms with van der Waals surface area (Å²) in [6, 6.07) is 11.2. The maximum Gasteiger partial charge on any atom is 0.138 e. The van der Waals surface area contributed by atoms with Gasteiger partial charge in [0.15, 0.2) is 0 Å². The first kappa shape index (κ1) is 13.9. The minimum atomic E-state index is -0.936. The molecular formula is C15H9ClFIO2. The summed E-state index contributed by atoms with van der Waals surface area (Å²) in [7, 11) is 0. The van der Waals surface area contributed by atoms with Crippen LogP contribution in [0.5, 0.6) is 0 Å². The van der Waals surface area contributed by atoms with E-state index in [9.17, 15) is 9.50 Å². The molecule has 0 saturated carbocycles. The van der Waals surface area contributed by atoms with Gasteiger partial charge in [-0.3, -0.25) is 0 Å². The summed E-state index contributed by atoms with van der Waals surface area (Å²) < 4.78 is 19.4. The standard InChI is InChI=1S/C15H9ClFIO2/c16-9-1-4-13-8(5-9)6-14(20-13)15(19)11-3-2-10(17)7-12(11)18/h1-7,15,19H. The Labute approximate surface area is 133 Å². The molecule has 5 heteroatoms. The van der Waals surface area contributed by atoms with E-state index in [4.69, 9.17) is 16.0 Å². The SMILES string of the molecule is OC(c1cc2cc(Cl)ccc2o1)c1ccc(F)cc1I. The van der Waals surface area contributed by atoms with Crippen LogP contribution >= 0.6 is 34.2 Å². The molecule has 3 aromatic rings. The van der Waals surface area contributed by atoms with Crippen molar-refractivity contribution in [2.45, 2.75) is 6.10 Å². The van der Waals surface area contributed by atoms with E-state index in [-0.39, 0.29) is 5.82 Å². The fraction of sp³-hybridized carbons (Fsp3) is 0.0667. The lowest BCUT2D eigenvalue weighted by Crippen LogP contribution is -2.01. The zero-order valence-corrected chi connectivity index (χ0v) is 13.0. The van der Waals surface area contributed by atoms with Gasteiger partial charge in [-0.15, -0.1) is 0 Å². The van der Waals surface area contributed by atoms with Gasteiger partial charge in [0, 0.05) is 19.5 Å². The van der Waals surface area contributed by atoms with Crippen LogP contribution in [0.3, 0.4) is 0 Å². The first-order valence-electron chi connectivity index (χ1n) is 5.86. The minimum Gasteiger partial charge on any atom is -0.458 e. The molecule has 0 aliphatic rings. The fourth-order valence-corrected chi connectivity index (χ4v) is 3.00. The molecule has 0 aliphatic heterocycles. The Balaban J connectivity index is 2.05. The Hall–Kier alpha value is -1.11. The van der Waals surface area contributed by atoms with Crippen molar-refractivity contribution < 1.29 is 13.9 Å². The molecule has 0 saturated heterocycles. The van der Waals surface area contributed by atoms with Gasteiger partial charge in [0.25, 0.3) is 0 Å². The maximum absolute atomic E-state index is 13.1. The molecule has 0 bridgehead atoms. The van der Waals surface area contributed by atoms with Crippen LogP contribution in [0.15, 0.2) is 46.9 Å². The van der Waals surface area contributed by atoms with E-state index in [1.807, 2.05) is 22.6 Å². The molecule has 2 aromatic carbocycles. The van der Waals surface area contributed by atoms with Gasteiger partial charge in [0.2, 0.25) is 0 Å². The van der Waals surface area contributed by atoms with E-state index < -0.39 is 6.10 Å². The van der Waals surface area contributed by atoms with Gasteiger partial charge in [-0.25, -0.2) is 4.39 Å². The molecule has 0 aliphatic carbocycles. The van der Waals surface area contributed by atoms with Crippen LogP contribution in [-0.4, -0.2) is 5.11 Å². The number of halogens is 3. The maximum atomic E-state index is 13.1. The average molecular weight is 403 g/mol. The van der Waals surface area contributed by atoms with Crippen LogP contribution in [0.1, 0.15) is 17.4 Å². The van der Waals surface area contributed by atoms with Crippen molar-refractivity contribution in [3.8, 4) is 0 Å². The number of benzene rings is 2. The molecule has 1 unspecified atom stereocenters. The largest absolute Gasteiger partial charge is 0.458 e. The Morgan fingerprint density at radius 1 is 1.15 bits per heavy atom. The number of hydrogen-bond donors (Lipinski definition) is 1. The van der Waals surface area contributed by atoms with Crippen molar-refractivity contribution in [3.63, 3.8) is 0 Å². The van der Waals surface area contributed by atoms with E-state index in [1.165, 1.54) is 12.1 Å². The Morgan fingerprint density at radius 2 is 1.95 bits per heavy atom. The van der Waals surface area contributed by atoms with Crippen LogP contribution in [0.4, 0.5) is 4.39 Å². The third-order valence-corrected chi connectivity index (χ3v) is 4.19. The molecule has 0 amide bonds. The normalized spacial score (nSPS) is 12.8. The first-order chi connectivity index (χ1) is 9.54. The Bertz CT molecular complexity index is 785. The van der Waals surface area contributed by atoms with Crippen LogP contribution < -0.4 is 0 Å². The monoisotopic (exact) mass is 402 g/mol. The lowest BCUT2D eigenvalue weighted by molar-refractivity contribution is 0.191. The van der Waals surface area contributed by atoms with Crippen LogP contribution in [0.25, 0.3) is 11.0 Å². The van der Waals surface area contributed by atoms with E-state index >= 15 is 0 Å². The van der Waals surface area contributed by atoms with Gasteiger partial charge < -0.3 is 9.52 Å². The van der Waals surface area contributed by atoms with Gasteiger partial charge in [-0.2, -0.15) is 0 Å². The number of furan rings is 1. The van der Waals surface area contributed by atoms with Crippen molar-refractivity contribution in [1.29, 1.82) is 0 Å². The van der Waals surface area contributed by atoms with Crippen molar-refractivity contribution in [3.05, 3.63) is 68.2 Å². The predicted octanol–water partition coefficient (Wildman–Crippen LogP) is 4.91. The van der Waals surface area contributed by atoms with E-state index in [2.05, 4.69) is 0 Å². The van der Waals surface area contributed by atoms with Crippen molar-refractivity contribution in [2.75, 3.05) is 0 Å². The molecule has 0 fully saturated rings. The van der Waals surface area contributed by atoms with Crippen molar-refractivity contribution in [1.82, 2.24) is 0 Å². The van der Waals surface area contributed by atoms with E-state index in [1.54, 1.807) is 30.3 Å². The molecule has 2 nitrogen and oxygen atoms in total. The smallest absolute Gasteiger partial charge is 0.138 e. The first-order valence-corrected chi connectivity index (χ1v) is 7.32. The zero-order valence-electron chi connectivity index (χ0n) is 10.1. The van der Waals surface area contributed by atoms with Crippen LogP contribution in [-0.2, 0) is 0 Å². The molecular weight excluding hydrogens is 394 g/mol. The summed E-state index contributed by atoms with van der Waals surface area (Å²) in [6.07, 6.45) is -0.936. The summed E-state index contributed by atoms with van der Waals surface area (Å²) >= 11 is 7.91. The molecule has 0 spiro atoms. The number of hydrogen-bond acceptors (Lipinski definition) is 2. The highest BCUT2D eigenvalue weighted by atomic mass is 127. The summed E-state index contributed by atoms with van der Waals surface area (Å²) in [5.41, 5.74) is 1.26. The van der Waals surface area contributed by atoms with Gasteiger partial charge in [0.1, 0.15) is 23.3 Å². The second kappa shape index (κ2) is 5.35. The molecule has 1 aromatic heterocycles. The highest BCUT2D eigenvalue weighted by molar-refractivity contribution is 14.1. The van der Waals surface area contributed by atoms with Crippen molar-refractivity contribution >= 4 is 45.2 Å². The molecule has 102 valence electrons. The van der Waals surface area contributed by atoms with E-state index in [0.29, 0.717) is 25.5 Å². The summed E-state index contributed by atoms with van der Waals surface area (Å²) in [4.78, 5) is 0. The second-order valence-electron chi connectivity index (χ2n) is 4.40. The third kappa shape index (κ3) is 2.55. The lowest BCUT2D eigenvalue weighted by atomic mass is 10.1. The lowest BCUT2D eigenvalue weighted by Gasteiger charge is -2.10. The highest BCUT2D eigenvalue weighted by Crippen LogP contribution is 2.31. The Morgan fingerprint density at radius 3 is 2.70 bits per heavy atom. The summed E-state index contributed by atoms with van der Waals surface area (Å²) in [5, 5.41) is 11.8. The van der Waals surface area contributed by atoms with Gasteiger partial charge in [-0.05, 0) is 59.0 Å². The molecule has 3 rings (SSSR count). The molecule has 1 atom stereocenters. The van der Waals surface area contributed by atoms with Crippen LogP contribution in [0, 0.1) is 9.39 Å². The summed E-state index contributed by atoms with van der Waals surface area (Å²) in [6.45, 7) is 0. The number of aliphatic hydroxyl groups excluding tert-OH is 1. The molecule has 0 radical (unpaired) electrons.